The van der Waals surface area contributed by atoms with Gasteiger partial charge in [0, 0.05) is 5.92 Å². The van der Waals surface area contributed by atoms with Gasteiger partial charge in [-0.15, -0.1) is 6.58 Å². The van der Waals surface area contributed by atoms with Crippen LogP contribution in [0.4, 0.5) is 0 Å². The first-order valence-electron chi connectivity index (χ1n) is 11.9. The average molecular weight is 471 g/mol. The van der Waals surface area contributed by atoms with Crippen LogP contribution < -0.4 is 9.47 Å². The summed E-state index contributed by atoms with van der Waals surface area (Å²) in [5, 5.41) is 9.82. The summed E-state index contributed by atoms with van der Waals surface area (Å²) >= 11 is 0. The van der Waals surface area contributed by atoms with Gasteiger partial charge in [-0.3, -0.25) is 9.59 Å². The summed E-state index contributed by atoms with van der Waals surface area (Å²) in [4.78, 5) is 25.9. The highest BCUT2D eigenvalue weighted by Gasteiger charge is 2.44. The number of rotatable bonds is 11. The molecular formula is C30H30O5. The number of aliphatic carboxylic acids is 1. The fraction of sp³-hybridized carbons (Fsp3) is 0.267. The van der Waals surface area contributed by atoms with Crippen LogP contribution in [0.2, 0.25) is 0 Å². The molecule has 3 aromatic rings. The molecule has 5 heteroatoms. The van der Waals surface area contributed by atoms with Gasteiger partial charge in [-0.1, -0.05) is 66.7 Å². The lowest BCUT2D eigenvalue weighted by Gasteiger charge is -2.22. The third-order valence-electron chi connectivity index (χ3n) is 6.58. The summed E-state index contributed by atoms with van der Waals surface area (Å²) in [6.07, 6.45) is 3.53. The maximum Gasteiger partial charge on any atom is 0.307 e. The Labute approximate surface area is 206 Å². The molecule has 0 amide bonds. The Bertz CT molecular complexity index is 1160. The monoisotopic (exact) mass is 470 g/mol. The standard InChI is InChI=1S/C30H30O5/c1-2-9-23-14-16-25(30(32)33)28(23)29(31)26-18-24(34-19-21-10-5-3-6-11-21)15-17-27(26)35-20-22-12-7-4-8-13-22/h2-8,10-13,15,17-18,23,25,28H,1,9,14,16,19-20H2,(H,32,33)/t23-,25+,28+/m1/s1. The SMILES string of the molecule is C=CC[C@@H]1CC[C@H](C(=O)O)[C@H]1C(=O)c1cc(OCc2ccccc2)ccc1OCc1ccccc1. The van der Waals surface area contributed by atoms with Crippen molar-refractivity contribution in [3.05, 3.63) is 108 Å². The molecular weight excluding hydrogens is 440 g/mol. The zero-order valence-electron chi connectivity index (χ0n) is 19.6. The molecule has 0 saturated heterocycles. The summed E-state index contributed by atoms with van der Waals surface area (Å²) in [6, 6.07) is 24.7. The van der Waals surface area contributed by atoms with Crippen LogP contribution in [0.5, 0.6) is 11.5 Å². The van der Waals surface area contributed by atoms with Crippen molar-refractivity contribution < 1.29 is 24.2 Å². The molecule has 0 heterocycles. The van der Waals surface area contributed by atoms with E-state index in [9.17, 15) is 14.7 Å². The third kappa shape index (κ3) is 5.99. The Hall–Kier alpha value is -3.86. The molecule has 0 radical (unpaired) electrons. The van der Waals surface area contributed by atoms with E-state index in [1.54, 1.807) is 24.3 Å². The Morgan fingerprint density at radius 1 is 0.886 bits per heavy atom. The maximum absolute atomic E-state index is 13.9. The molecule has 1 fully saturated rings. The van der Waals surface area contributed by atoms with Crippen molar-refractivity contribution in [2.45, 2.75) is 32.5 Å². The van der Waals surface area contributed by atoms with Crippen LogP contribution in [0.1, 0.15) is 40.7 Å². The van der Waals surface area contributed by atoms with Crippen molar-refractivity contribution in [3.8, 4) is 11.5 Å². The number of carbonyl (C=O) groups excluding carboxylic acids is 1. The number of carboxylic acids is 1. The first-order valence-corrected chi connectivity index (χ1v) is 11.9. The van der Waals surface area contributed by atoms with Crippen LogP contribution in [0.3, 0.4) is 0 Å². The van der Waals surface area contributed by atoms with Gasteiger partial charge in [-0.2, -0.15) is 0 Å². The number of Topliss-reactive ketones (excluding diaryl/α,β-unsaturated/α-hetero) is 1. The molecule has 1 aliphatic carbocycles. The minimum absolute atomic E-state index is 0.0584. The van der Waals surface area contributed by atoms with Crippen molar-refractivity contribution in [2.24, 2.45) is 17.8 Å². The van der Waals surface area contributed by atoms with Gasteiger partial charge < -0.3 is 14.6 Å². The van der Waals surface area contributed by atoms with Gasteiger partial charge in [0.1, 0.15) is 24.7 Å². The number of ketones is 1. The van der Waals surface area contributed by atoms with E-state index in [0.717, 1.165) is 11.1 Å². The van der Waals surface area contributed by atoms with E-state index >= 15 is 0 Å². The summed E-state index contributed by atoms with van der Waals surface area (Å²) in [7, 11) is 0. The number of carboxylic acid groups (broad SMARTS) is 1. The van der Waals surface area contributed by atoms with Crippen LogP contribution in [-0.2, 0) is 18.0 Å². The first-order chi connectivity index (χ1) is 17.1. The van der Waals surface area contributed by atoms with Crippen LogP contribution >= 0.6 is 0 Å². The van der Waals surface area contributed by atoms with Gasteiger partial charge in [-0.05, 0) is 54.5 Å². The molecule has 4 rings (SSSR count). The molecule has 0 unspecified atom stereocenters. The van der Waals surface area contributed by atoms with E-state index in [2.05, 4.69) is 6.58 Å². The van der Waals surface area contributed by atoms with Crippen molar-refractivity contribution >= 4 is 11.8 Å². The van der Waals surface area contributed by atoms with Gasteiger partial charge in [0.05, 0.1) is 11.5 Å². The largest absolute Gasteiger partial charge is 0.489 e. The molecule has 0 bridgehead atoms. The first kappa shape index (κ1) is 24.3. The maximum atomic E-state index is 13.9. The van der Waals surface area contributed by atoms with E-state index < -0.39 is 17.8 Å². The molecule has 1 aliphatic rings. The van der Waals surface area contributed by atoms with Gasteiger partial charge in [0.2, 0.25) is 0 Å². The molecule has 3 atom stereocenters. The van der Waals surface area contributed by atoms with Gasteiger partial charge in [-0.25, -0.2) is 0 Å². The minimum atomic E-state index is -0.932. The highest BCUT2D eigenvalue weighted by atomic mass is 16.5. The fourth-order valence-electron chi connectivity index (χ4n) is 4.81. The third-order valence-corrected chi connectivity index (χ3v) is 6.58. The summed E-state index contributed by atoms with van der Waals surface area (Å²) in [6.45, 7) is 4.47. The second kappa shape index (κ2) is 11.5. The number of ether oxygens (including phenoxy) is 2. The summed E-state index contributed by atoms with van der Waals surface area (Å²) in [5.74, 6) is -1.59. The summed E-state index contributed by atoms with van der Waals surface area (Å²) in [5.41, 5.74) is 2.35. The smallest absolute Gasteiger partial charge is 0.307 e. The molecule has 0 aromatic heterocycles. The van der Waals surface area contributed by atoms with Crippen LogP contribution in [0, 0.1) is 17.8 Å². The molecule has 180 valence electrons. The number of allylic oxidation sites excluding steroid dienone is 1. The predicted octanol–water partition coefficient (Wildman–Crippen LogP) is 6.33. The second-order valence-corrected chi connectivity index (χ2v) is 8.90. The Morgan fingerprint density at radius 3 is 2.11 bits per heavy atom. The van der Waals surface area contributed by atoms with Crippen LogP contribution in [0.25, 0.3) is 0 Å². The molecule has 0 spiro atoms. The zero-order chi connectivity index (χ0) is 24.6. The zero-order valence-corrected chi connectivity index (χ0v) is 19.6. The lowest BCUT2D eigenvalue weighted by molar-refractivity contribution is -0.142. The van der Waals surface area contributed by atoms with E-state index in [-0.39, 0.29) is 11.7 Å². The van der Waals surface area contributed by atoms with Gasteiger partial charge in [0.15, 0.2) is 5.78 Å². The van der Waals surface area contributed by atoms with Crippen molar-refractivity contribution in [2.75, 3.05) is 0 Å². The number of hydrogen-bond donors (Lipinski definition) is 1. The highest BCUT2D eigenvalue weighted by molar-refractivity contribution is 6.03. The molecule has 0 aliphatic heterocycles. The molecule has 35 heavy (non-hydrogen) atoms. The van der Waals surface area contributed by atoms with Crippen molar-refractivity contribution in [1.29, 1.82) is 0 Å². The van der Waals surface area contributed by atoms with Gasteiger partial charge >= 0.3 is 5.97 Å². The Balaban J connectivity index is 1.63. The number of carbonyl (C=O) groups is 2. The summed E-state index contributed by atoms with van der Waals surface area (Å²) < 4.78 is 12.0. The number of hydrogen-bond acceptors (Lipinski definition) is 4. The Kier molecular flexibility index (Phi) is 7.99. The Morgan fingerprint density at radius 2 is 1.51 bits per heavy atom. The number of benzene rings is 3. The quantitative estimate of drug-likeness (QED) is 0.262. The lowest BCUT2D eigenvalue weighted by atomic mass is 9.81. The second-order valence-electron chi connectivity index (χ2n) is 8.90. The lowest BCUT2D eigenvalue weighted by Crippen LogP contribution is -2.30. The minimum Gasteiger partial charge on any atom is -0.489 e. The van der Waals surface area contributed by atoms with Gasteiger partial charge in [0.25, 0.3) is 0 Å². The average Bonchev–Trinajstić information content (AvgIpc) is 3.31. The van der Waals surface area contributed by atoms with Crippen LogP contribution in [0.15, 0.2) is 91.5 Å². The molecule has 1 saturated carbocycles. The fourth-order valence-corrected chi connectivity index (χ4v) is 4.81. The van der Waals surface area contributed by atoms with E-state index in [1.807, 2.05) is 60.7 Å². The molecule has 3 aromatic carbocycles. The highest BCUT2D eigenvalue weighted by Crippen LogP contribution is 2.43. The van der Waals surface area contributed by atoms with Crippen molar-refractivity contribution in [1.82, 2.24) is 0 Å². The van der Waals surface area contributed by atoms with Crippen LogP contribution in [-0.4, -0.2) is 16.9 Å². The van der Waals surface area contributed by atoms with Crippen molar-refractivity contribution in [3.63, 3.8) is 0 Å². The molecule has 1 N–H and O–H groups in total. The van der Waals surface area contributed by atoms with E-state index in [1.165, 1.54) is 0 Å². The topological polar surface area (TPSA) is 72.8 Å². The van der Waals surface area contributed by atoms with E-state index in [4.69, 9.17) is 9.47 Å². The van der Waals surface area contributed by atoms with E-state index in [0.29, 0.717) is 49.5 Å². The molecule has 5 nitrogen and oxygen atoms in total. The predicted molar refractivity (Wildman–Crippen MR) is 134 cm³/mol. The normalized spacial score (nSPS) is 19.1.